The van der Waals surface area contributed by atoms with Crippen LogP contribution in [0.1, 0.15) is 30.5 Å². The summed E-state index contributed by atoms with van der Waals surface area (Å²) in [4.78, 5) is 15.1. The van der Waals surface area contributed by atoms with E-state index in [1.54, 1.807) is 0 Å². The van der Waals surface area contributed by atoms with Gasteiger partial charge in [-0.1, -0.05) is 153 Å². The minimum atomic E-state index is -0.204. The molecule has 0 amide bonds. The van der Waals surface area contributed by atoms with Crippen molar-refractivity contribution in [1.29, 1.82) is 5.26 Å². The molecule has 1 aliphatic carbocycles. The summed E-state index contributed by atoms with van der Waals surface area (Å²) in [6.07, 6.45) is 0. The zero-order valence-corrected chi connectivity index (χ0v) is 29.5. The second kappa shape index (κ2) is 13.0. The standard InChI is InChI=1S/C49H34N4/c1-49(2)43-24-12-23-41(31-50)45(43)42-26-25-38(30-44(42)49)36-19-9-18-35(27-36)37-20-11-22-40(29-37)48-52-46(33-15-7-4-8-16-33)51-47(53-48)39-21-10-17-34(28-39)32-13-5-3-6-14-32/h3-30H,1-2H3. The van der Waals surface area contributed by atoms with Gasteiger partial charge in [-0.15, -0.1) is 0 Å². The summed E-state index contributed by atoms with van der Waals surface area (Å²) in [7, 11) is 0. The molecule has 7 aromatic carbocycles. The average Bonchev–Trinajstić information content (AvgIpc) is 3.47. The highest BCUT2D eigenvalue weighted by molar-refractivity contribution is 5.87. The molecule has 0 saturated heterocycles. The first kappa shape index (κ1) is 32.0. The van der Waals surface area contributed by atoms with Crippen molar-refractivity contribution in [2.45, 2.75) is 19.3 Å². The summed E-state index contributed by atoms with van der Waals surface area (Å²) in [5.41, 5.74) is 14.7. The maximum atomic E-state index is 9.88. The van der Waals surface area contributed by atoms with Gasteiger partial charge in [0.1, 0.15) is 0 Å². The zero-order chi connectivity index (χ0) is 35.9. The highest BCUT2D eigenvalue weighted by atomic mass is 15.0. The molecule has 0 aliphatic heterocycles. The lowest BCUT2D eigenvalue weighted by molar-refractivity contribution is 0.660. The minimum Gasteiger partial charge on any atom is -0.208 e. The molecule has 0 unspecified atom stereocenters. The Morgan fingerprint density at radius 3 is 1.40 bits per heavy atom. The predicted molar refractivity (Wildman–Crippen MR) is 215 cm³/mol. The summed E-state index contributed by atoms with van der Waals surface area (Å²) >= 11 is 0. The molecule has 0 N–H and O–H groups in total. The largest absolute Gasteiger partial charge is 0.208 e. The Hall–Kier alpha value is -6.96. The Labute approximate surface area is 309 Å². The Bertz CT molecular complexity index is 2710. The van der Waals surface area contributed by atoms with Crippen molar-refractivity contribution in [3.05, 3.63) is 187 Å². The SMILES string of the molecule is CC1(C)c2cc(-c3cccc(-c4cccc(-c5nc(-c6ccccc6)nc(-c6cccc(-c7ccccc7)c6)n5)c4)c3)ccc2-c2c(C#N)cccc21. The second-order valence-corrected chi connectivity index (χ2v) is 14.0. The van der Waals surface area contributed by atoms with Gasteiger partial charge >= 0.3 is 0 Å². The van der Waals surface area contributed by atoms with E-state index in [4.69, 9.17) is 15.0 Å². The van der Waals surface area contributed by atoms with E-state index in [0.717, 1.165) is 66.8 Å². The van der Waals surface area contributed by atoms with Gasteiger partial charge in [0.2, 0.25) is 0 Å². The van der Waals surface area contributed by atoms with Gasteiger partial charge in [-0.3, -0.25) is 0 Å². The number of aromatic nitrogens is 3. The van der Waals surface area contributed by atoms with Gasteiger partial charge in [0.05, 0.1) is 11.6 Å². The van der Waals surface area contributed by atoms with Crippen LogP contribution >= 0.6 is 0 Å². The van der Waals surface area contributed by atoms with Crippen LogP contribution in [0.4, 0.5) is 0 Å². The summed E-state index contributed by atoms with van der Waals surface area (Å²) < 4.78 is 0. The van der Waals surface area contributed by atoms with Crippen LogP contribution in [-0.2, 0) is 5.41 Å². The Morgan fingerprint density at radius 1 is 0.396 bits per heavy atom. The van der Waals surface area contributed by atoms with E-state index in [0.29, 0.717) is 17.5 Å². The predicted octanol–water partition coefficient (Wildman–Crippen LogP) is 12.1. The van der Waals surface area contributed by atoms with Crippen LogP contribution in [0, 0.1) is 11.3 Å². The summed E-state index contributed by atoms with van der Waals surface area (Å²) in [6.45, 7) is 4.50. The molecule has 9 rings (SSSR count). The lowest BCUT2D eigenvalue weighted by atomic mass is 9.81. The van der Waals surface area contributed by atoms with Crippen LogP contribution in [0.2, 0.25) is 0 Å². The van der Waals surface area contributed by atoms with Crippen molar-refractivity contribution >= 4 is 0 Å². The number of nitrogens with zero attached hydrogens (tertiary/aromatic N) is 4. The zero-order valence-electron chi connectivity index (χ0n) is 29.5. The van der Waals surface area contributed by atoms with Crippen molar-refractivity contribution in [3.8, 4) is 84.7 Å². The second-order valence-electron chi connectivity index (χ2n) is 14.0. The van der Waals surface area contributed by atoms with Crippen molar-refractivity contribution < 1.29 is 0 Å². The molecule has 0 spiro atoms. The molecule has 53 heavy (non-hydrogen) atoms. The van der Waals surface area contributed by atoms with Gasteiger partial charge in [0, 0.05) is 27.7 Å². The van der Waals surface area contributed by atoms with E-state index in [-0.39, 0.29) is 5.41 Å². The molecule has 0 fully saturated rings. The molecule has 1 aliphatic rings. The van der Waals surface area contributed by atoms with Crippen molar-refractivity contribution in [3.63, 3.8) is 0 Å². The Balaban J connectivity index is 1.10. The average molecular weight is 679 g/mol. The van der Waals surface area contributed by atoms with E-state index >= 15 is 0 Å². The molecule has 0 radical (unpaired) electrons. The molecule has 4 heteroatoms. The van der Waals surface area contributed by atoms with E-state index in [1.165, 1.54) is 11.1 Å². The van der Waals surface area contributed by atoms with Gasteiger partial charge in [0.25, 0.3) is 0 Å². The first-order valence-corrected chi connectivity index (χ1v) is 17.8. The number of rotatable bonds is 6. The van der Waals surface area contributed by atoms with Crippen LogP contribution in [-0.4, -0.2) is 15.0 Å². The third-order valence-electron chi connectivity index (χ3n) is 10.4. The molecule has 1 heterocycles. The molecular weight excluding hydrogens is 645 g/mol. The molecule has 0 atom stereocenters. The smallest absolute Gasteiger partial charge is 0.164 e. The Morgan fingerprint density at radius 2 is 0.830 bits per heavy atom. The summed E-state index contributed by atoms with van der Waals surface area (Å²) in [5, 5.41) is 9.88. The van der Waals surface area contributed by atoms with E-state index in [2.05, 4.69) is 141 Å². The van der Waals surface area contributed by atoms with Crippen LogP contribution in [0.5, 0.6) is 0 Å². The number of hydrogen-bond donors (Lipinski definition) is 0. The third-order valence-corrected chi connectivity index (χ3v) is 10.4. The quantitative estimate of drug-likeness (QED) is 0.176. The number of hydrogen-bond acceptors (Lipinski definition) is 4. The maximum Gasteiger partial charge on any atom is 0.164 e. The molecule has 250 valence electrons. The van der Waals surface area contributed by atoms with Gasteiger partial charge in [-0.05, 0) is 80.4 Å². The minimum absolute atomic E-state index is 0.204. The third kappa shape index (κ3) is 5.79. The normalized spacial score (nSPS) is 12.5. The van der Waals surface area contributed by atoms with Crippen LogP contribution in [0.15, 0.2) is 170 Å². The van der Waals surface area contributed by atoms with Crippen molar-refractivity contribution in [2.75, 3.05) is 0 Å². The van der Waals surface area contributed by atoms with Crippen molar-refractivity contribution in [1.82, 2.24) is 15.0 Å². The molecule has 0 bridgehead atoms. The van der Waals surface area contributed by atoms with Crippen LogP contribution in [0.3, 0.4) is 0 Å². The highest BCUT2D eigenvalue weighted by Crippen LogP contribution is 2.51. The lowest BCUT2D eigenvalue weighted by Gasteiger charge is -2.22. The topological polar surface area (TPSA) is 62.5 Å². The van der Waals surface area contributed by atoms with E-state index < -0.39 is 0 Å². The highest BCUT2D eigenvalue weighted by Gasteiger charge is 2.37. The molecule has 4 nitrogen and oxygen atoms in total. The number of benzene rings is 7. The molecule has 0 saturated carbocycles. The van der Waals surface area contributed by atoms with E-state index in [9.17, 15) is 5.26 Å². The fraction of sp³-hybridized carbons (Fsp3) is 0.0612. The van der Waals surface area contributed by atoms with Crippen molar-refractivity contribution in [2.24, 2.45) is 0 Å². The maximum absolute atomic E-state index is 9.88. The summed E-state index contributed by atoms with van der Waals surface area (Å²) in [6, 6.07) is 61.1. The number of nitriles is 1. The van der Waals surface area contributed by atoms with Crippen LogP contribution < -0.4 is 0 Å². The molecule has 8 aromatic rings. The fourth-order valence-corrected chi connectivity index (χ4v) is 7.60. The van der Waals surface area contributed by atoms with E-state index in [1.807, 2.05) is 48.5 Å². The Kier molecular flexibility index (Phi) is 7.83. The van der Waals surface area contributed by atoms with Gasteiger partial charge < -0.3 is 0 Å². The van der Waals surface area contributed by atoms with Gasteiger partial charge in [0.15, 0.2) is 17.5 Å². The fourth-order valence-electron chi connectivity index (χ4n) is 7.60. The summed E-state index contributed by atoms with van der Waals surface area (Å²) in [5.74, 6) is 1.88. The lowest BCUT2D eigenvalue weighted by Crippen LogP contribution is -2.15. The molecular formula is C49H34N4. The first-order chi connectivity index (χ1) is 26.0. The van der Waals surface area contributed by atoms with Crippen LogP contribution in [0.25, 0.3) is 78.7 Å². The monoisotopic (exact) mass is 678 g/mol. The van der Waals surface area contributed by atoms with Gasteiger partial charge in [-0.25, -0.2) is 15.0 Å². The number of fused-ring (bicyclic) bond motifs is 3. The molecule has 1 aromatic heterocycles. The first-order valence-electron chi connectivity index (χ1n) is 17.8. The van der Waals surface area contributed by atoms with Gasteiger partial charge in [-0.2, -0.15) is 5.26 Å².